The third-order valence-corrected chi connectivity index (χ3v) is 5.56. The smallest absolute Gasteiger partial charge is 0.229 e. The van der Waals surface area contributed by atoms with Crippen molar-refractivity contribution in [2.45, 2.75) is 25.8 Å². The molecule has 0 aliphatic carbocycles. The SMILES string of the molecule is Clc1cnc(Nc2ccc(OCCN3CCCCC3)cc2)nc1NCc1ccccc1. The van der Waals surface area contributed by atoms with Crippen molar-refractivity contribution in [1.29, 1.82) is 0 Å². The predicted octanol–water partition coefficient (Wildman–Crippen LogP) is 5.35. The molecule has 6 nitrogen and oxygen atoms in total. The van der Waals surface area contributed by atoms with Crippen molar-refractivity contribution in [3.8, 4) is 5.75 Å². The fraction of sp³-hybridized carbons (Fsp3) is 0.333. The molecule has 0 bridgehead atoms. The van der Waals surface area contributed by atoms with Crippen LogP contribution < -0.4 is 15.4 Å². The number of hydrogen-bond acceptors (Lipinski definition) is 6. The van der Waals surface area contributed by atoms with Crippen LogP contribution in [0.3, 0.4) is 0 Å². The Balaban J connectivity index is 1.29. The summed E-state index contributed by atoms with van der Waals surface area (Å²) in [5.74, 6) is 1.95. The van der Waals surface area contributed by atoms with Gasteiger partial charge in [-0.05, 0) is 55.8 Å². The van der Waals surface area contributed by atoms with E-state index in [2.05, 4.69) is 37.6 Å². The average Bonchev–Trinajstić information content (AvgIpc) is 2.82. The fourth-order valence-electron chi connectivity index (χ4n) is 3.57. The van der Waals surface area contributed by atoms with Crippen molar-refractivity contribution in [3.63, 3.8) is 0 Å². The van der Waals surface area contributed by atoms with E-state index in [1.54, 1.807) is 6.20 Å². The molecule has 2 aromatic carbocycles. The average molecular weight is 438 g/mol. The van der Waals surface area contributed by atoms with Crippen molar-refractivity contribution in [2.75, 3.05) is 36.9 Å². The van der Waals surface area contributed by atoms with E-state index in [-0.39, 0.29) is 0 Å². The number of nitrogens with zero attached hydrogens (tertiary/aromatic N) is 3. The zero-order valence-electron chi connectivity index (χ0n) is 17.6. The first-order valence-electron chi connectivity index (χ1n) is 10.8. The summed E-state index contributed by atoms with van der Waals surface area (Å²) in [6.07, 6.45) is 5.56. The molecular formula is C24H28ClN5O. The Morgan fingerprint density at radius 3 is 2.52 bits per heavy atom. The fourth-order valence-corrected chi connectivity index (χ4v) is 3.73. The zero-order chi connectivity index (χ0) is 21.3. The summed E-state index contributed by atoms with van der Waals surface area (Å²) in [5.41, 5.74) is 2.04. The number of anilines is 3. The number of benzene rings is 2. The maximum Gasteiger partial charge on any atom is 0.229 e. The summed E-state index contributed by atoms with van der Waals surface area (Å²) in [6, 6.07) is 18.0. The van der Waals surface area contributed by atoms with Gasteiger partial charge in [0.15, 0.2) is 5.82 Å². The van der Waals surface area contributed by atoms with Gasteiger partial charge < -0.3 is 15.4 Å². The quantitative estimate of drug-likeness (QED) is 0.470. The first kappa shape index (κ1) is 21.4. The summed E-state index contributed by atoms with van der Waals surface area (Å²) in [6.45, 7) is 4.71. The minimum atomic E-state index is 0.485. The highest BCUT2D eigenvalue weighted by Gasteiger charge is 2.10. The van der Waals surface area contributed by atoms with Gasteiger partial charge in [-0.15, -0.1) is 0 Å². The van der Waals surface area contributed by atoms with Crippen LogP contribution in [0.1, 0.15) is 24.8 Å². The van der Waals surface area contributed by atoms with Crippen molar-refractivity contribution >= 4 is 29.1 Å². The molecule has 1 saturated heterocycles. The summed E-state index contributed by atoms with van der Waals surface area (Å²) in [5, 5.41) is 6.97. The molecule has 4 rings (SSSR count). The van der Waals surface area contributed by atoms with Gasteiger partial charge in [-0.1, -0.05) is 48.4 Å². The van der Waals surface area contributed by atoms with E-state index in [1.807, 2.05) is 42.5 Å². The number of nitrogens with one attached hydrogen (secondary N) is 2. The Kier molecular flexibility index (Phi) is 7.58. The molecule has 1 aromatic heterocycles. The standard InChI is InChI=1S/C24H28ClN5O/c25-22-18-27-24(29-23(22)26-17-19-7-3-1-4-8-19)28-20-9-11-21(12-10-20)31-16-15-30-13-5-2-6-14-30/h1,3-4,7-12,18H,2,5-6,13-17H2,(H2,26,27,28,29). The molecule has 1 aliphatic heterocycles. The largest absolute Gasteiger partial charge is 0.492 e. The summed E-state index contributed by atoms with van der Waals surface area (Å²) >= 11 is 6.26. The monoisotopic (exact) mass is 437 g/mol. The van der Waals surface area contributed by atoms with E-state index in [4.69, 9.17) is 16.3 Å². The number of aromatic nitrogens is 2. The van der Waals surface area contributed by atoms with Crippen LogP contribution in [0.5, 0.6) is 5.75 Å². The molecule has 0 radical (unpaired) electrons. The summed E-state index contributed by atoms with van der Waals surface area (Å²) < 4.78 is 5.89. The molecule has 0 atom stereocenters. The van der Waals surface area contributed by atoms with Gasteiger partial charge in [0.05, 0.1) is 6.20 Å². The van der Waals surface area contributed by atoms with Crippen LogP contribution in [-0.2, 0) is 6.54 Å². The third kappa shape index (κ3) is 6.57. The van der Waals surface area contributed by atoms with Crippen LogP contribution in [-0.4, -0.2) is 41.1 Å². The lowest BCUT2D eigenvalue weighted by Gasteiger charge is -2.26. The molecule has 7 heteroatoms. The number of ether oxygens (including phenoxy) is 1. The highest BCUT2D eigenvalue weighted by Crippen LogP contribution is 2.23. The third-order valence-electron chi connectivity index (χ3n) is 5.28. The molecule has 2 heterocycles. The molecule has 162 valence electrons. The van der Waals surface area contributed by atoms with E-state index in [0.717, 1.165) is 23.5 Å². The molecule has 1 aliphatic rings. The lowest BCUT2D eigenvalue weighted by molar-refractivity contribution is 0.183. The molecule has 31 heavy (non-hydrogen) atoms. The van der Waals surface area contributed by atoms with Crippen LogP contribution in [0.25, 0.3) is 0 Å². The molecule has 0 amide bonds. The Bertz CT molecular complexity index is 946. The number of piperidine rings is 1. The normalized spacial score (nSPS) is 14.2. The first-order valence-corrected chi connectivity index (χ1v) is 11.2. The second-order valence-corrected chi connectivity index (χ2v) is 8.04. The summed E-state index contributed by atoms with van der Waals surface area (Å²) in [7, 11) is 0. The number of likely N-dealkylation sites (tertiary alicyclic amines) is 1. The number of hydrogen-bond donors (Lipinski definition) is 2. The molecule has 0 unspecified atom stereocenters. The van der Waals surface area contributed by atoms with Gasteiger partial charge >= 0.3 is 0 Å². The van der Waals surface area contributed by atoms with Crippen molar-refractivity contribution in [1.82, 2.24) is 14.9 Å². The van der Waals surface area contributed by atoms with Crippen molar-refractivity contribution in [2.24, 2.45) is 0 Å². The van der Waals surface area contributed by atoms with E-state index in [0.29, 0.717) is 29.9 Å². The number of rotatable bonds is 9. The van der Waals surface area contributed by atoms with Gasteiger partial charge in [0, 0.05) is 18.8 Å². The van der Waals surface area contributed by atoms with E-state index in [1.165, 1.54) is 32.4 Å². The van der Waals surface area contributed by atoms with Crippen LogP contribution >= 0.6 is 11.6 Å². The van der Waals surface area contributed by atoms with Gasteiger partial charge in [0.2, 0.25) is 5.95 Å². The van der Waals surface area contributed by atoms with Crippen molar-refractivity contribution in [3.05, 3.63) is 71.4 Å². The maximum absolute atomic E-state index is 6.26. The molecule has 0 saturated carbocycles. The molecule has 2 N–H and O–H groups in total. The number of halogens is 1. The van der Waals surface area contributed by atoms with Gasteiger partial charge in [-0.2, -0.15) is 4.98 Å². The predicted molar refractivity (Wildman–Crippen MR) is 126 cm³/mol. The van der Waals surface area contributed by atoms with Gasteiger partial charge in [0.1, 0.15) is 17.4 Å². The van der Waals surface area contributed by atoms with Crippen LogP contribution in [0, 0.1) is 0 Å². The minimum absolute atomic E-state index is 0.485. The first-order chi connectivity index (χ1) is 15.3. The Hall–Kier alpha value is -2.83. The van der Waals surface area contributed by atoms with Gasteiger partial charge in [-0.3, -0.25) is 4.90 Å². The molecule has 3 aromatic rings. The highest BCUT2D eigenvalue weighted by atomic mass is 35.5. The van der Waals surface area contributed by atoms with E-state index >= 15 is 0 Å². The van der Waals surface area contributed by atoms with E-state index in [9.17, 15) is 0 Å². The Morgan fingerprint density at radius 2 is 1.74 bits per heavy atom. The maximum atomic E-state index is 6.26. The molecule has 0 spiro atoms. The Morgan fingerprint density at radius 1 is 0.968 bits per heavy atom. The second kappa shape index (κ2) is 11.0. The van der Waals surface area contributed by atoms with Crippen LogP contribution in [0.2, 0.25) is 5.02 Å². The van der Waals surface area contributed by atoms with Crippen molar-refractivity contribution < 1.29 is 4.74 Å². The van der Waals surface area contributed by atoms with Gasteiger partial charge in [-0.25, -0.2) is 4.98 Å². The second-order valence-electron chi connectivity index (χ2n) is 7.63. The van der Waals surface area contributed by atoms with Gasteiger partial charge in [0.25, 0.3) is 0 Å². The molecular weight excluding hydrogens is 410 g/mol. The van der Waals surface area contributed by atoms with E-state index < -0.39 is 0 Å². The minimum Gasteiger partial charge on any atom is -0.492 e. The topological polar surface area (TPSA) is 62.3 Å². The highest BCUT2D eigenvalue weighted by molar-refractivity contribution is 6.32. The lowest BCUT2D eigenvalue weighted by atomic mass is 10.1. The van der Waals surface area contributed by atoms with Crippen LogP contribution in [0.15, 0.2) is 60.8 Å². The zero-order valence-corrected chi connectivity index (χ0v) is 18.3. The Labute approximate surface area is 188 Å². The summed E-state index contributed by atoms with van der Waals surface area (Å²) in [4.78, 5) is 11.3. The van der Waals surface area contributed by atoms with Crippen LogP contribution in [0.4, 0.5) is 17.5 Å². The lowest BCUT2D eigenvalue weighted by Crippen LogP contribution is -2.33. The molecule has 1 fully saturated rings.